The monoisotopic (exact) mass is 707 g/mol. The van der Waals surface area contributed by atoms with Gasteiger partial charge in [-0.25, -0.2) is 18.7 Å². The number of rotatable bonds is 7. The molecule has 2 N–H and O–H groups in total. The molecule has 0 unspecified atom stereocenters. The van der Waals surface area contributed by atoms with Crippen molar-refractivity contribution >= 4 is 34.5 Å². The highest BCUT2D eigenvalue weighted by Crippen LogP contribution is 2.39. The van der Waals surface area contributed by atoms with Gasteiger partial charge in [0.2, 0.25) is 0 Å². The number of aromatic nitrogens is 4. The van der Waals surface area contributed by atoms with Crippen LogP contribution in [0.15, 0.2) is 48.7 Å². The van der Waals surface area contributed by atoms with Gasteiger partial charge in [0.25, 0.3) is 11.8 Å². The maximum Gasteiger partial charge on any atom is 0.407 e. The molecule has 270 valence electrons. The SMILES string of the molecule is COc1cc(C(=O)N2C[C@H](F)C[C@@H](NC(=O)OC(C)(C)C)C2)cn2nc(-c3cc4ccc(-c5ccc6c(c5)C(=O)NC6)nc4n3CC3CC3)c(C)c12. The van der Waals surface area contributed by atoms with Crippen molar-refractivity contribution in [2.45, 2.75) is 77.9 Å². The number of ether oxygens (including phenoxy) is 2. The second kappa shape index (κ2) is 12.6. The summed E-state index contributed by atoms with van der Waals surface area (Å²) in [6.45, 7) is 8.62. The molecule has 8 rings (SSSR count). The Labute approximate surface area is 300 Å². The summed E-state index contributed by atoms with van der Waals surface area (Å²) in [5.41, 5.74) is 6.99. The molecule has 2 aliphatic heterocycles. The van der Waals surface area contributed by atoms with Crippen LogP contribution in [0.1, 0.15) is 71.9 Å². The lowest BCUT2D eigenvalue weighted by molar-refractivity contribution is 0.0394. The van der Waals surface area contributed by atoms with E-state index in [2.05, 4.69) is 27.3 Å². The summed E-state index contributed by atoms with van der Waals surface area (Å²) in [5.74, 6) is 0.543. The molecule has 4 aromatic heterocycles. The van der Waals surface area contributed by atoms with E-state index in [4.69, 9.17) is 19.6 Å². The van der Waals surface area contributed by atoms with Gasteiger partial charge in [0.1, 0.15) is 34.4 Å². The molecule has 13 heteroatoms. The number of amides is 3. The number of likely N-dealkylation sites (tertiary alicyclic amines) is 1. The molecule has 6 heterocycles. The molecular formula is C39H42FN7O5. The van der Waals surface area contributed by atoms with E-state index in [0.29, 0.717) is 29.3 Å². The van der Waals surface area contributed by atoms with Crippen molar-refractivity contribution in [1.82, 2.24) is 34.7 Å². The highest BCUT2D eigenvalue weighted by atomic mass is 19.1. The molecule has 0 bridgehead atoms. The van der Waals surface area contributed by atoms with Crippen LogP contribution in [0.2, 0.25) is 0 Å². The van der Waals surface area contributed by atoms with Crippen LogP contribution in [0.5, 0.6) is 5.75 Å². The minimum Gasteiger partial charge on any atom is -0.494 e. The number of fused-ring (bicyclic) bond motifs is 3. The molecule has 1 aromatic carbocycles. The summed E-state index contributed by atoms with van der Waals surface area (Å²) < 4.78 is 30.0. The van der Waals surface area contributed by atoms with Crippen molar-refractivity contribution < 1.29 is 28.2 Å². The van der Waals surface area contributed by atoms with Gasteiger partial charge in [0, 0.05) is 54.3 Å². The van der Waals surface area contributed by atoms with E-state index in [0.717, 1.165) is 64.2 Å². The van der Waals surface area contributed by atoms with Gasteiger partial charge < -0.3 is 29.6 Å². The van der Waals surface area contributed by atoms with E-state index in [-0.39, 0.29) is 31.0 Å². The quantitative estimate of drug-likeness (QED) is 0.210. The molecule has 0 spiro atoms. The number of benzene rings is 1. The maximum absolute atomic E-state index is 14.9. The lowest BCUT2D eigenvalue weighted by Crippen LogP contribution is -2.54. The largest absolute Gasteiger partial charge is 0.494 e. The molecule has 3 amide bonds. The summed E-state index contributed by atoms with van der Waals surface area (Å²) in [6, 6.07) is 13.1. The van der Waals surface area contributed by atoms with Gasteiger partial charge in [0.15, 0.2) is 0 Å². The number of alkyl carbamates (subject to hydrolysis) is 1. The molecule has 12 nitrogen and oxygen atoms in total. The third-order valence-corrected chi connectivity index (χ3v) is 10.0. The van der Waals surface area contributed by atoms with Gasteiger partial charge in [0.05, 0.1) is 36.6 Å². The Morgan fingerprint density at radius 2 is 1.90 bits per heavy atom. The number of carbonyl (C=O) groups is 3. The fourth-order valence-corrected chi connectivity index (χ4v) is 7.37. The Bertz CT molecular complexity index is 2270. The zero-order valence-corrected chi connectivity index (χ0v) is 30.0. The predicted octanol–water partition coefficient (Wildman–Crippen LogP) is 6.07. The van der Waals surface area contributed by atoms with E-state index in [9.17, 15) is 18.8 Å². The molecule has 2 atom stereocenters. The number of alkyl halides is 1. The van der Waals surface area contributed by atoms with Crippen molar-refractivity contribution in [3.63, 3.8) is 0 Å². The number of hydrogen-bond acceptors (Lipinski definition) is 7. The van der Waals surface area contributed by atoms with E-state index in [1.54, 1.807) is 44.7 Å². The number of pyridine rings is 2. The summed E-state index contributed by atoms with van der Waals surface area (Å²) >= 11 is 0. The van der Waals surface area contributed by atoms with Crippen LogP contribution in [0.4, 0.5) is 9.18 Å². The Hall–Kier alpha value is -5.46. The van der Waals surface area contributed by atoms with Gasteiger partial charge in [-0.15, -0.1) is 0 Å². The highest BCUT2D eigenvalue weighted by Gasteiger charge is 2.34. The minimum atomic E-state index is -1.31. The van der Waals surface area contributed by atoms with Crippen LogP contribution in [0.25, 0.3) is 39.2 Å². The highest BCUT2D eigenvalue weighted by molar-refractivity contribution is 5.99. The molecule has 3 aliphatic rings. The first-order chi connectivity index (χ1) is 24.8. The second-order valence-electron chi connectivity index (χ2n) is 15.2. The predicted molar refractivity (Wildman–Crippen MR) is 193 cm³/mol. The van der Waals surface area contributed by atoms with E-state index in [1.807, 2.05) is 31.2 Å². The zero-order chi connectivity index (χ0) is 36.5. The van der Waals surface area contributed by atoms with Crippen LogP contribution < -0.4 is 15.4 Å². The van der Waals surface area contributed by atoms with Gasteiger partial charge >= 0.3 is 6.09 Å². The molecule has 1 saturated carbocycles. The number of nitrogens with one attached hydrogen (secondary N) is 2. The van der Waals surface area contributed by atoms with Crippen LogP contribution >= 0.6 is 0 Å². The number of nitrogens with zero attached hydrogens (tertiary/aromatic N) is 5. The van der Waals surface area contributed by atoms with Gasteiger partial charge in [-0.2, -0.15) is 5.10 Å². The Morgan fingerprint density at radius 3 is 2.65 bits per heavy atom. The molecule has 5 aromatic rings. The van der Waals surface area contributed by atoms with Crippen LogP contribution in [0.3, 0.4) is 0 Å². The number of piperidine rings is 1. The summed E-state index contributed by atoms with van der Waals surface area (Å²) in [7, 11) is 1.55. The lowest BCUT2D eigenvalue weighted by atomic mass is 10.0. The minimum absolute atomic E-state index is 0.0677. The van der Waals surface area contributed by atoms with Crippen LogP contribution in [-0.4, -0.2) is 80.0 Å². The summed E-state index contributed by atoms with van der Waals surface area (Å²) in [5, 5.41) is 11.6. The van der Waals surface area contributed by atoms with E-state index < -0.39 is 29.8 Å². The van der Waals surface area contributed by atoms with Gasteiger partial charge in [-0.05, 0) is 82.3 Å². The van der Waals surface area contributed by atoms with Gasteiger partial charge in [-0.1, -0.05) is 12.1 Å². The lowest BCUT2D eigenvalue weighted by Gasteiger charge is -2.35. The van der Waals surface area contributed by atoms with E-state index >= 15 is 0 Å². The molecule has 1 aliphatic carbocycles. The molecular weight excluding hydrogens is 665 g/mol. The average molecular weight is 708 g/mol. The number of aryl methyl sites for hydroxylation is 1. The van der Waals surface area contributed by atoms with Gasteiger partial charge in [-0.3, -0.25) is 9.59 Å². The number of methoxy groups -OCH3 is 1. The van der Waals surface area contributed by atoms with Crippen molar-refractivity contribution in [2.75, 3.05) is 20.2 Å². The molecule has 1 saturated heterocycles. The maximum atomic E-state index is 14.9. The van der Waals surface area contributed by atoms with Crippen LogP contribution in [0, 0.1) is 12.8 Å². The van der Waals surface area contributed by atoms with Crippen molar-refractivity contribution in [1.29, 1.82) is 0 Å². The fourth-order valence-electron chi connectivity index (χ4n) is 7.37. The fraction of sp³-hybridized carbons (Fsp3) is 0.410. The number of hydrogen-bond donors (Lipinski definition) is 2. The summed E-state index contributed by atoms with van der Waals surface area (Å²) in [6.07, 6.45) is 2.07. The third-order valence-electron chi connectivity index (χ3n) is 10.0. The van der Waals surface area contributed by atoms with E-state index in [1.165, 1.54) is 4.90 Å². The number of carbonyl (C=O) groups excluding carboxylic acids is 3. The molecule has 2 fully saturated rings. The van der Waals surface area contributed by atoms with Crippen molar-refractivity contribution in [2.24, 2.45) is 5.92 Å². The number of halogens is 1. The topological polar surface area (TPSA) is 132 Å². The van der Waals surface area contributed by atoms with Crippen LogP contribution in [-0.2, 0) is 17.8 Å². The smallest absolute Gasteiger partial charge is 0.407 e. The van der Waals surface area contributed by atoms with Crippen molar-refractivity contribution in [3.05, 3.63) is 70.9 Å². The first kappa shape index (κ1) is 33.7. The molecule has 0 radical (unpaired) electrons. The Kier molecular flexibility index (Phi) is 8.19. The Morgan fingerprint density at radius 1 is 1.10 bits per heavy atom. The first-order valence-corrected chi connectivity index (χ1v) is 17.8. The first-order valence-electron chi connectivity index (χ1n) is 17.8. The standard InChI is InChI=1S/C39H42FN7O5/c1-21-33(31-13-24-10-11-30(43-35(24)46(31)17-22-6-7-22)23-8-9-25-16-41-36(48)29(25)12-23)44-47-18-26(14-32(51-5)34(21)47)37(49)45-19-27(40)15-28(20-45)42-38(50)52-39(2,3)4/h8-14,18,22,27-28H,6-7,15-17,19-20H2,1-5H3,(H,41,48)(H,42,50)/t27-,28-/m1/s1. The summed E-state index contributed by atoms with van der Waals surface area (Å²) in [4.78, 5) is 45.3. The normalized spacial score (nSPS) is 18.8. The van der Waals surface area contributed by atoms with Crippen molar-refractivity contribution in [3.8, 4) is 28.4 Å². The zero-order valence-electron chi connectivity index (χ0n) is 30.0. The Balaban J connectivity index is 1.14. The average Bonchev–Trinajstić information content (AvgIpc) is 3.63. The third kappa shape index (κ3) is 6.33. The molecule has 52 heavy (non-hydrogen) atoms. The second-order valence-corrected chi connectivity index (χ2v) is 15.2.